The molecule has 4 aromatic rings. The molecule has 9 nitrogen and oxygen atoms in total. The molecule has 0 amide bonds. The lowest BCUT2D eigenvalue weighted by atomic mass is 9.69. The van der Waals surface area contributed by atoms with Gasteiger partial charge in [0.2, 0.25) is 0 Å². The van der Waals surface area contributed by atoms with Gasteiger partial charge >= 0.3 is 5.69 Å². The number of nitrogens with one attached hydrogen (secondary N) is 3. The standard InChI is InChI=1S/C29H33FN6O3/c1-38-32-17-19-3-11-25-21(15-19)5-6-22-16-20(18-33-39-2)4-12-26(22)29(25,13-14-31)27-34-28(37)36(35-27)24-9-7-23(30)8-10-24/h3-4,7-12,15-16,32-33H,5-6,13-14,17-18,31H2,1-2H3,(H,34,35,37). The zero-order valence-electron chi connectivity index (χ0n) is 22.1. The van der Waals surface area contributed by atoms with E-state index in [9.17, 15) is 9.18 Å². The van der Waals surface area contributed by atoms with E-state index in [1.807, 2.05) is 0 Å². The van der Waals surface area contributed by atoms with Crippen molar-refractivity contribution in [2.45, 2.75) is 37.8 Å². The van der Waals surface area contributed by atoms with Crippen LogP contribution in [0.1, 0.15) is 45.6 Å². The maximum Gasteiger partial charge on any atom is 0.348 e. The summed E-state index contributed by atoms with van der Waals surface area (Å²) in [5, 5.41) is 4.81. The van der Waals surface area contributed by atoms with Gasteiger partial charge in [0.1, 0.15) is 11.6 Å². The third-order valence-electron chi connectivity index (χ3n) is 7.38. The van der Waals surface area contributed by atoms with E-state index in [1.165, 1.54) is 28.9 Å². The van der Waals surface area contributed by atoms with Gasteiger partial charge in [0, 0.05) is 13.1 Å². The second kappa shape index (κ2) is 11.6. The Morgan fingerprint density at radius 2 is 1.51 bits per heavy atom. The SMILES string of the molecule is CONCc1ccc2c(c1)CCc1cc(CNOC)ccc1C2(CCN)c1nn(-c2ccc(F)cc2)c(=O)[nH]1. The number of fused-ring (bicyclic) bond motifs is 2. The number of aryl methyl sites for hydroxylation is 2. The van der Waals surface area contributed by atoms with Crippen molar-refractivity contribution in [2.75, 3.05) is 20.8 Å². The smallest absolute Gasteiger partial charge is 0.330 e. The molecule has 0 saturated heterocycles. The number of rotatable bonds is 10. The molecule has 0 fully saturated rings. The molecule has 3 aromatic carbocycles. The predicted octanol–water partition coefficient (Wildman–Crippen LogP) is 2.78. The van der Waals surface area contributed by atoms with Crippen molar-refractivity contribution in [1.82, 2.24) is 25.7 Å². The second-order valence-electron chi connectivity index (χ2n) is 9.64. The number of halogens is 1. The van der Waals surface area contributed by atoms with Crippen LogP contribution in [0.4, 0.5) is 4.39 Å². The molecule has 0 spiro atoms. The number of nitrogens with two attached hydrogens (primary N) is 1. The third kappa shape index (κ3) is 5.17. The third-order valence-corrected chi connectivity index (χ3v) is 7.38. The molecule has 39 heavy (non-hydrogen) atoms. The first-order chi connectivity index (χ1) is 19.0. The van der Waals surface area contributed by atoms with Crippen LogP contribution in [0.3, 0.4) is 0 Å². The summed E-state index contributed by atoms with van der Waals surface area (Å²) in [6, 6.07) is 18.4. The van der Waals surface area contributed by atoms with Crippen LogP contribution in [-0.4, -0.2) is 35.5 Å². The van der Waals surface area contributed by atoms with E-state index in [1.54, 1.807) is 14.2 Å². The number of aromatic nitrogens is 3. The van der Waals surface area contributed by atoms with Crippen LogP contribution in [0, 0.1) is 5.82 Å². The predicted molar refractivity (Wildman–Crippen MR) is 146 cm³/mol. The molecule has 0 unspecified atom stereocenters. The molecule has 0 radical (unpaired) electrons. The Bertz CT molecular complexity index is 1440. The maximum atomic E-state index is 13.6. The molecule has 1 heterocycles. The van der Waals surface area contributed by atoms with Crippen LogP contribution < -0.4 is 22.4 Å². The van der Waals surface area contributed by atoms with Crippen LogP contribution in [0.15, 0.2) is 65.5 Å². The van der Waals surface area contributed by atoms with Gasteiger partial charge in [-0.25, -0.2) is 9.18 Å². The number of hydrogen-bond donors (Lipinski definition) is 4. The highest BCUT2D eigenvalue weighted by Gasteiger charge is 2.43. The van der Waals surface area contributed by atoms with Crippen LogP contribution in [0.5, 0.6) is 0 Å². The number of hydroxylamine groups is 2. The lowest BCUT2D eigenvalue weighted by Gasteiger charge is -2.34. The molecule has 10 heteroatoms. The Kier molecular flexibility index (Phi) is 8.01. The Balaban J connectivity index is 1.74. The summed E-state index contributed by atoms with van der Waals surface area (Å²) >= 11 is 0. The lowest BCUT2D eigenvalue weighted by molar-refractivity contribution is 0.0866. The first-order valence-corrected chi connectivity index (χ1v) is 12.9. The summed E-state index contributed by atoms with van der Waals surface area (Å²) in [4.78, 5) is 26.4. The van der Waals surface area contributed by atoms with Gasteiger partial charge in [0.15, 0.2) is 0 Å². The molecular weight excluding hydrogens is 499 g/mol. The van der Waals surface area contributed by atoms with Crippen LogP contribution in [0.25, 0.3) is 5.69 Å². The Labute approximate surface area is 226 Å². The number of H-pyrrole nitrogens is 1. The molecule has 204 valence electrons. The fourth-order valence-corrected chi connectivity index (χ4v) is 5.62. The number of nitrogens with zero attached hydrogens (tertiary/aromatic N) is 2. The molecule has 1 aromatic heterocycles. The average Bonchev–Trinajstić information content (AvgIpc) is 3.28. The van der Waals surface area contributed by atoms with Gasteiger partial charge < -0.3 is 15.4 Å². The highest BCUT2D eigenvalue weighted by atomic mass is 19.1. The van der Waals surface area contributed by atoms with Crippen molar-refractivity contribution in [2.24, 2.45) is 5.73 Å². The summed E-state index contributed by atoms with van der Waals surface area (Å²) < 4.78 is 14.9. The van der Waals surface area contributed by atoms with Crippen molar-refractivity contribution in [3.05, 3.63) is 116 Å². The second-order valence-corrected chi connectivity index (χ2v) is 9.64. The van der Waals surface area contributed by atoms with Crippen molar-refractivity contribution in [3.63, 3.8) is 0 Å². The zero-order chi connectivity index (χ0) is 27.4. The lowest BCUT2D eigenvalue weighted by Crippen LogP contribution is -2.35. The van der Waals surface area contributed by atoms with E-state index >= 15 is 0 Å². The highest BCUT2D eigenvalue weighted by Crippen LogP contribution is 2.46. The fraction of sp³-hybridized carbons (Fsp3) is 0.310. The highest BCUT2D eigenvalue weighted by molar-refractivity contribution is 5.56. The first-order valence-electron chi connectivity index (χ1n) is 12.9. The normalized spacial score (nSPS) is 14.1. The first kappa shape index (κ1) is 26.9. The Hall–Kier alpha value is -3.67. The minimum absolute atomic E-state index is 0.365. The van der Waals surface area contributed by atoms with Gasteiger partial charge in [0.25, 0.3) is 0 Å². The summed E-state index contributed by atoms with van der Waals surface area (Å²) in [5.41, 5.74) is 18.0. The van der Waals surface area contributed by atoms with Gasteiger partial charge in [-0.05, 0) is 83.5 Å². The molecule has 0 saturated carbocycles. The summed E-state index contributed by atoms with van der Waals surface area (Å²) in [7, 11) is 3.19. The molecule has 5 rings (SSSR count). The fourth-order valence-electron chi connectivity index (χ4n) is 5.62. The summed E-state index contributed by atoms with van der Waals surface area (Å²) in [6.45, 7) is 1.48. The average molecular weight is 533 g/mol. The molecule has 5 N–H and O–H groups in total. The molecule has 0 atom stereocenters. The van der Waals surface area contributed by atoms with Crippen molar-refractivity contribution >= 4 is 0 Å². The summed E-state index contributed by atoms with van der Waals surface area (Å²) in [6.07, 6.45) is 2.13. The minimum atomic E-state index is -0.805. The van der Waals surface area contributed by atoms with Gasteiger partial charge in [-0.15, -0.1) is 5.10 Å². The molecule has 1 aliphatic rings. The Morgan fingerprint density at radius 1 is 0.949 bits per heavy atom. The number of hydrogen-bond acceptors (Lipinski definition) is 7. The molecule has 0 bridgehead atoms. The minimum Gasteiger partial charge on any atom is -0.330 e. The monoisotopic (exact) mass is 532 g/mol. The Morgan fingerprint density at radius 3 is 2.03 bits per heavy atom. The molecular formula is C29H33FN6O3. The van der Waals surface area contributed by atoms with Crippen molar-refractivity contribution in [1.29, 1.82) is 0 Å². The van der Waals surface area contributed by atoms with Crippen LogP contribution in [0.2, 0.25) is 0 Å². The van der Waals surface area contributed by atoms with Crippen LogP contribution in [-0.2, 0) is 41.0 Å². The van der Waals surface area contributed by atoms with E-state index in [2.05, 4.69) is 52.3 Å². The number of benzene rings is 3. The maximum absolute atomic E-state index is 13.6. The van der Waals surface area contributed by atoms with Crippen molar-refractivity contribution in [3.8, 4) is 5.69 Å². The van der Waals surface area contributed by atoms with E-state index < -0.39 is 11.1 Å². The molecule has 0 aliphatic heterocycles. The van der Waals surface area contributed by atoms with E-state index in [4.69, 9.17) is 20.5 Å². The van der Waals surface area contributed by atoms with Gasteiger partial charge in [-0.2, -0.15) is 15.6 Å². The van der Waals surface area contributed by atoms with Crippen molar-refractivity contribution < 1.29 is 14.1 Å². The van der Waals surface area contributed by atoms with Gasteiger partial charge in [-0.3, -0.25) is 4.98 Å². The van der Waals surface area contributed by atoms with Crippen LogP contribution >= 0.6 is 0 Å². The molecule has 1 aliphatic carbocycles. The number of aromatic amines is 1. The quantitative estimate of drug-likeness (QED) is 0.232. The largest absolute Gasteiger partial charge is 0.348 e. The zero-order valence-corrected chi connectivity index (χ0v) is 22.1. The van der Waals surface area contributed by atoms with Gasteiger partial charge in [-0.1, -0.05) is 36.4 Å². The van der Waals surface area contributed by atoms with E-state index in [0.29, 0.717) is 37.6 Å². The topological polar surface area (TPSA) is 119 Å². The van der Waals surface area contributed by atoms with E-state index in [-0.39, 0.29) is 5.82 Å². The van der Waals surface area contributed by atoms with E-state index in [0.717, 1.165) is 46.2 Å². The van der Waals surface area contributed by atoms with Gasteiger partial charge in [0.05, 0.1) is 25.3 Å². The summed E-state index contributed by atoms with van der Waals surface area (Å²) in [5.74, 6) is 0.114.